The predicted molar refractivity (Wildman–Crippen MR) is 154 cm³/mol. The lowest BCUT2D eigenvalue weighted by Crippen LogP contribution is -2.36. The Morgan fingerprint density at radius 3 is 2.47 bits per heavy atom. The second-order valence-corrected chi connectivity index (χ2v) is 11.1. The van der Waals surface area contributed by atoms with Crippen LogP contribution in [0, 0.1) is 17.6 Å². The van der Waals surface area contributed by atoms with E-state index in [0.717, 1.165) is 31.0 Å². The van der Waals surface area contributed by atoms with E-state index in [1.165, 1.54) is 23.4 Å². The van der Waals surface area contributed by atoms with Gasteiger partial charge in [0.15, 0.2) is 17.4 Å². The molecule has 1 aliphatic rings. The monoisotopic (exact) mass is 596 g/mol. The van der Waals surface area contributed by atoms with Gasteiger partial charge in [-0.3, -0.25) is 4.98 Å². The van der Waals surface area contributed by atoms with Crippen LogP contribution in [0.4, 0.5) is 29.3 Å². The quantitative estimate of drug-likeness (QED) is 0.190. The molecule has 12 heteroatoms. The van der Waals surface area contributed by atoms with Gasteiger partial charge in [-0.05, 0) is 51.8 Å². The highest BCUT2D eigenvalue weighted by Gasteiger charge is 2.25. The summed E-state index contributed by atoms with van der Waals surface area (Å²) in [6, 6.07) is 9.74. The average molecular weight is 597 g/mol. The van der Waals surface area contributed by atoms with Crippen LogP contribution in [0.25, 0.3) is 10.9 Å². The van der Waals surface area contributed by atoms with Crippen molar-refractivity contribution >= 4 is 28.4 Å². The van der Waals surface area contributed by atoms with E-state index in [9.17, 15) is 9.18 Å². The Kier molecular flexibility index (Phi) is 8.47. The molecule has 1 aliphatic carbocycles. The number of aromatic nitrogens is 2. The first kappa shape index (κ1) is 29.7. The van der Waals surface area contributed by atoms with Crippen molar-refractivity contribution in [3.05, 3.63) is 72.4 Å². The van der Waals surface area contributed by atoms with E-state index < -0.39 is 35.0 Å². The zero-order valence-electron chi connectivity index (χ0n) is 24.1. The summed E-state index contributed by atoms with van der Waals surface area (Å²) in [7, 11) is 1.62. The van der Waals surface area contributed by atoms with Crippen LogP contribution in [0.3, 0.4) is 0 Å². The Labute approximate surface area is 246 Å². The molecule has 0 unspecified atom stereocenters. The number of hydrogen-bond acceptors (Lipinski definition) is 8. The molecule has 2 aromatic carbocycles. The summed E-state index contributed by atoms with van der Waals surface area (Å²) >= 11 is 0. The molecule has 2 heterocycles. The highest BCUT2D eigenvalue weighted by Crippen LogP contribution is 2.37. The van der Waals surface area contributed by atoms with Gasteiger partial charge in [-0.1, -0.05) is 0 Å². The highest BCUT2D eigenvalue weighted by molar-refractivity contribution is 5.86. The smallest absolute Gasteiger partial charge is 0.410 e. The van der Waals surface area contributed by atoms with Crippen molar-refractivity contribution in [2.75, 3.05) is 25.5 Å². The number of carbonyl (C=O) groups excluding carboxylic acids is 1. The molecule has 9 nitrogen and oxygen atoms in total. The first-order valence-electron chi connectivity index (χ1n) is 13.7. The first-order valence-corrected chi connectivity index (χ1v) is 13.7. The Morgan fingerprint density at radius 2 is 1.77 bits per heavy atom. The first-order chi connectivity index (χ1) is 20.4. The maximum Gasteiger partial charge on any atom is 0.410 e. The summed E-state index contributed by atoms with van der Waals surface area (Å²) in [6.07, 6.45) is 3.88. The number of ether oxygens (including phenoxy) is 4. The van der Waals surface area contributed by atoms with Crippen molar-refractivity contribution in [3.63, 3.8) is 0 Å². The van der Waals surface area contributed by atoms with E-state index in [0.29, 0.717) is 23.2 Å². The topological polar surface area (TPSA) is 95.0 Å². The number of benzene rings is 2. The molecule has 43 heavy (non-hydrogen) atoms. The van der Waals surface area contributed by atoms with Crippen LogP contribution in [0.2, 0.25) is 0 Å². The molecule has 2 aromatic heterocycles. The van der Waals surface area contributed by atoms with Gasteiger partial charge in [-0.25, -0.2) is 18.6 Å². The van der Waals surface area contributed by atoms with Crippen LogP contribution in [0.1, 0.15) is 33.6 Å². The van der Waals surface area contributed by atoms with Crippen molar-refractivity contribution in [1.29, 1.82) is 0 Å². The van der Waals surface area contributed by atoms with E-state index in [-0.39, 0.29) is 35.6 Å². The molecule has 0 atom stereocenters. The van der Waals surface area contributed by atoms with Crippen LogP contribution < -0.4 is 19.5 Å². The minimum atomic E-state index is -0.957. The third kappa shape index (κ3) is 7.76. The Morgan fingerprint density at radius 1 is 1.02 bits per heavy atom. The molecule has 0 spiro atoms. The number of nitrogens with zero attached hydrogens (tertiary/aromatic N) is 3. The molecule has 4 aromatic rings. The molecule has 0 bridgehead atoms. The van der Waals surface area contributed by atoms with Gasteiger partial charge in [0, 0.05) is 48.6 Å². The standard InChI is InChI=1S/C31H31F3N4O5/c1-31(2,3)43-30(39)38(4)11-12-40-20-7-8-21-24(15-20)35-10-9-26(21)42-29-22(32)13-18(14-23(29)33)37-25-17-36-28(34)16-27(25)41-19-5-6-19/h7-10,13-17,19,37H,5-6,11-12H2,1-4H3. The molecule has 1 amide bonds. The molecule has 5 rings (SSSR count). The number of pyridine rings is 2. The van der Waals surface area contributed by atoms with E-state index >= 15 is 8.78 Å². The van der Waals surface area contributed by atoms with Gasteiger partial charge in [0.1, 0.15) is 35.1 Å². The van der Waals surface area contributed by atoms with Crippen molar-refractivity contribution in [3.8, 4) is 23.0 Å². The highest BCUT2D eigenvalue weighted by atomic mass is 19.1. The summed E-state index contributed by atoms with van der Waals surface area (Å²) in [6.45, 7) is 5.87. The zero-order chi connectivity index (χ0) is 30.7. The average Bonchev–Trinajstić information content (AvgIpc) is 3.75. The SMILES string of the molecule is CN(CCOc1ccc2c(Oc3c(F)cc(Nc4cnc(F)cc4OC4CC4)cc3F)ccnc2c1)C(=O)OC(C)(C)C. The van der Waals surface area contributed by atoms with E-state index in [2.05, 4.69) is 15.3 Å². The second kappa shape index (κ2) is 12.2. The number of likely N-dealkylation sites (N-methyl/N-ethyl adjacent to an activating group) is 1. The van der Waals surface area contributed by atoms with Crippen LogP contribution >= 0.6 is 0 Å². The van der Waals surface area contributed by atoms with Crippen molar-refractivity contribution in [2.45, 2.75) is 45.3 Å². The lowest BCUT2D eigenvalue weighted by molar-refractivity contribution is 0.0278. The number of hydrogen-bond donors (Lipinski definition) is 1. The van der Waals surface area contributed by atoms with Gasteiger partial charge in [-0.2, -0.15) is 4.39 Å². The van der Waals surface area contributed by atoms with Crippen LogP contribution in [-0.4, -0.2) is 52.9 Å². The van der Waals surface area contributed by atoms with Gasteiger partial charge in [0.2, 0.25) is 5.95 Å². The van der Waals surface area contributed by atoms with Crippen LogP contribution in [-0.2, 0) is 4.74 Å². The number of halogens is 3. The molecule has 0 aliphatic heterocycles. The number of rotatable bonds is 10. The van der Waals surface area contributed by atoms with Crippen molar-refractivity contribution in [2.24, 2.45) is 0 Å². The summed E-state index contributed by atoms with van der Waals surface area (Å²) < 4.78 is 66.3. The second-order valence-electron chi connectivity index (χ2n) is 11.1. The number of carbonyl (C=O) groups is 1. The lowest BCUT2D eigenvalue weighted by atomic mass is 10.2. The predicted octanol–water partition coefficient (Wildman–Crippen LogP) is 7.37. The minimum absolute atomic E-state index is 0.0183. The van der Waals surface area contributed by atoms with Crippen molar-refractivity contribution < 1.29 is 36.9 Å². The maximum absolute atomic E-state index is 15.1. The fourth-order valence-corrected chi connectivity index (χ4v) is 3.98. The number of amides is 1. The third-order valence-corrected chi connectivity index (χ3v) is 6.21. The largest absolute Gasteiger partial charge is 0.492 e. The summed E-state index contributed by atoms with van der Waals surface area (Å²) in [5, 5.41) is 3.34. The molecule has 1 fully saturated rings. The van der Waals surface area contributed by atoms with Gasteiger partial charge in [-0.15, -0.1) is 0 Å². The Hall–Kier alpha value is -4.74. The van der Waals surface area contributed by atoms with Gasteiger partial charge < -0.3 is 29.2 Å². The molecule has 1 saturated carbocycles. The molecule has 226 valence electrons. The van der Waals surface area contributed by atoms with Gasteiger partial charge >= 0.3 is 6.09 Å². The van der Waals surface area contributed by atoms with Gasteiger partial charge in [0.05, 0.1) is 24.4 Å². The summed E-state index contributed by atoms with van der Waals surface area (Å²) in [5.41, 5.74) is 0.212. The van der Waals surface area contributed by atoms with Crippen LogP contribution in [0.15, 0.2) is 54.9 Å². The molecular formula is C31H31F3N4O5. The third-order valence-electron chi connectivity index (χ3n) is 6.21. The Bertz CT molecular complexity index is 1620. The fraction of sp³-hybridized carbons (Fsp3) is 0.323. The van der Waals surface area contributed by atoms with E-state index in [4.69, 9.17) is 18.9 Å². The maximum atomic E-state index is 15.1. The normalized spacial score (nSPS) is 13.0. The van der Waals surface area contributed by atoms with Crippen molar-refractivity contribution in [1.82, 2.24) is 14.9 Å². The fourth-order valence-electron chi connectivity index (χ4n) is 3.98. The Balaban J connectivity index is 1.27. The molecule has 1 N–H and O–H groups in total. The minimum Gasteiger partial charge on any atom is -0.492 e. The zero-order valence-corrected chi connectivity index (χ0v) is 24.1. The number of nitrogens with one attached hydrogen (secondary N) is 1. The summed E-state index contributed by atoms with van der Waals surface area (Å²) in [4.78, 5) is 21.5. The molecular weight excluding hydrogens is 565 g/mol. The summed E-state index contributed by atoms with van der Waals surface area (Å²) in [5.74, 6) is -2.36. The number of fused-ring (bicyclic) bond motifs is 1. The molecule has 0 radical (unpaired) electrons. The lowest BCUT2D eigenvalue weighted by Gasteiger charge is -2.24. The van der Waals surface area contributed by atoms with Gasteiger partial charge in [0.25, 0.3) is 0 Å². The van der Waals surface area contributed by atoms with Crippen LogP contribution in [0.5, 0.6) is 23.0 Å². The van der Waals surface area contributed by atoms with E-state index in [1.54, 1.807) is 46.0 Å². The molecule has 0 saturated heterocycles. The number of anilines is 2. The van der Waals surface area contributed by atoms with E-state index in [1.807, 2.05) is 0 Å².